The van der Waals surface area contributed by atoms with E-state index in [2.05, 4.69) is 15.3 Å². The summed E-state index contributed by atoms with van der Waals surface area (Å²) in [4.78, 5) is 8.80. The van der Waals surface area contributed by atoms with Gasteiger partial charge >= 0.3 is 0 Å². The molecule has 0 atom stereocenters. The molecule has 0 unspecified atom stereocenters. The zero-order valence-corrected chi connectivity index (χ0v) is 14.0. The maximum absolute atomic E-state index is 5.84. The van der Waals surface area contributed by atoms with E-state index in [1.807, 2.05) is 54.6 Å². The lowest BCUT2D eigenvalue weighted by Crippen LogP contribution is -2.04. The van der Waals surface area contributed by atoms with Crippen molar-refractivity contribution in [3.8, 4) is 17.0 Å². The van der Waals surface area contributed by atoms with Crippen LogP contribution < -0.4 is 15.8 Å². The van der Waals surface area contributed by atoms with E-state index >= 15 is 0 Å². The zero-order chi connectivity index (χ0) is 17.5. The summed E-state index contributed by atoms with van der Waals surface area (Å²) in [5.41, 5.74) is 9.18. The topological polar surface area (TPSA) is 82.3 Å². The minimum atomic E-state index is 0.521. The molecule has 3 N–H and O–H groups in total. The number of rotatable bonds is 7. The first-order valence-electron chi connectivity index (χ1n) is 7.92. The summed E-state index contributed by atoms with van der Waals surface area (Å²) in [6, 6.07) is 17.1. The van der Waals surface area contributed by atoms with Crippen LogP contribution in [0.4, 0.5) is 17.3 Å². The number of benzene rings is 2. The van der Waals surface area contributed by atoms with Crippen molar-refractivity contribution < 1.29 is 9.47 Å². The number of nitrogens with one attached hydrogen (secondary N) is 1. The average Bonchev–Trinajstić information content (AvgIpc) is 2.64. The first-order valence-corrected chi connectivity index (χ1v) is 7.92. The van der Waals surface area contributed by atoms with Crippen LogP contribution in [0, 0.1) is 0 Å². The van der Waals surface area contributed by atoms with Crippen LogP contribution in [0.3, 0.4) is 0 Å². The molecule has 0 amide bonds. The first-order chi connectivity index (χ1) is 12.2. The molecule has 0 bridgehead atoms. The Bertz CT molecular complexity index is 822. The Kier molecular flexibility index (Phi) is 5.43. The molecule has 1 heterocycles. The molecule has 0 saturated carbocycles. The van der Waals surface area contributed by atoms with Crippen LogP contribution in [-0.2, 0) is 4.74 Å². The molecule has 128 valence electrons. The Balaban J connectivity index is 1.70. The predicted octanol–water partition coefficient (Wildman–Crippen LogP) is 3.49. The first kappa shape index (κ1) is 16.7. The van der Waals surface area contributed by atoms with E-state index in [4.69, 9.17) is 15.2 Å². The Labute approximate surface area is 146 Å². The average molecular weight is 336 g/mol. The Morgan fingerprint density at radius 2 is 1.88 bits per heavy atom. The molecule has 6 heteroatoms. The van der Waals surface area contributed by atoms with Crippen LogP contribution in [0.2, 0.25) is 0 Å². The van der Waals surface area contributed by atoms with Gasteiger partial charge in [-0.05, 0) is 42.5 Å². The molecular formula is C19H20N4O2. The van der Waals surface area contributed by atoms with Gasteiger partial charge in [0.05, 0.1) is 12.3 Å². The highest BCUT2D eigenvalue weighted by Crippen LogP contribution is 2.22. The summed E-state index contributed by atoms with van der Waals surface area (Å²) < 4.78 is 10.5. The van der Waals surface area contributed by atoms with Crippen molar-refractivity contribution in [1.82, 2.24) is 9.97 Å². The van der Waals surface area contributed by atoms with Crippen LogP contribution in [0.1, 0.15) is 0 Å². The van der Waals surface area contributed by atoms with Crippen molar-refractivity contribution in [2.24, 2.45) is 0 Å². The predicted molar refractivity (Wildman–Crippen MR) is 99.0 cm³/mol. The third-order valence-corrected chi connectivity index (χ3v) is 3.50. The zero-order valence-electron chi connectivity index (χ0n) is 14.0. The molecular weight excluding hydrogens is 316 g/mol. The lowest BCUT2D eigenvalue weighted by atomic mass is 10.1. The quantitative estimate of drug-likeness (QED) is 0.508. The number of hydrogen-bond donors (Lipinski definition) is 2. The van der Waals surface area contributed by atoms with Gasteiger partial charge < -0.3 is 20.5 Å². The van der Waals surface area contributed by atoms with Crippen molar-refractivity contribution in [2.45, 2.75) is 0 Å². The Morgan fingerprint density at radius 3 is 2.64 bits per heavy atom. The van der Waals surface area contributed by atoms with Crippen LogP contribution in [0.15, 0.2) is 60.8 Å². The third kappa shape index (κ3) is 4.68. The molecule has 6 nitrogen and oxygen atoms in total. The molecule has 1 aromatic heterocycles. The van der Waals surface area contributed by atoms with E-state index < -0.39 is 0 Å². The highest BCUT2D eigenvalue weighted by molar-refractivity contribution is 5.65. The number of nitrogen functional groups attached to an aromatic ring is 1. The van der Waals surface area contributed by atoms with Gasteiger partial charge in [0.1, 0.15) is 12.4 Å². The van der Waals surface area contributed by atoms with Crippen molar-refractivity contribution in [3.63, 3.8) is 0 Å². The smallest absolute Gasteiger partial charge is 0.227 e. The van der Waals surface area contributed by atoms with Crippen LogP contribution >= 0.6 is 0 Å². The molecule has 2 aromatic carbocycles. The van der Waals surface area contributed by atoms with Gasteiger partial charge in [0, 0.05) is 30.2 Å². The maximum atomic E-state index is 5.84. The minimum absolute atomic E-state index is 0.521. The summed E-state index contributed by atoms with van der Waals surface area (Å²) in [5, 5.41) is 3.19. The highest BCUT2D eigenvalue weighted by atomic mass is 16.5. The number of methoxy groups -OCH3 is 1. The normalized spacial score (nSPS) is 10.4. The van der Waals surface area contributed by atoms with Crippen molar-refractivity contribution in [3.05, 3.63) is 60.8 Å². The fourth-order valence-electron chi connectivity index (χ4n) is 2.28. The number of hydrogen-bond acceptors (Lipinski definition) is 6. The van der Waals surface area contributed by atoms with Gasteiger partial charge in [-0.3, -0.25) is 0 Å². The van der Waals surface area contributed by atoms with E-state index in [0.717, 1.165) is 22.7 Å². The lowest BCUT2D eigenvalue weighted by Gasteiger charge is -2.09. The Morgan fingerprint density at radius 1 is 1.04 bits per heavy atom. The van der Waals surface area contributed by atoms with Gasteiger partial charge in [0.25, 0.3) is 0 Å². The van der Waals surface area contributed by atoms with Crippen molar-refractivity contribution >= 4 is 17.3 Å². The van der Waals surface area contributed by atoms with Gasteiger partial charge in [-0.2, -0.15) is 0 Å². The number of nitrogens with two attached hydrogens (primary N) is 1. The van der Waals surface area contributed by atoms with Gasteiger partial charge in [-0.1, -0.05) is 12.1 Å². The van der Waals surface area contributed by atoms with E-state index in [1.165, 1.54) is 0 Å². The Hall–Kier alpha value is -3.12. The summed E-state index contributed by atoms with van der Waals surface area (Å²) in [6.07, 6.45) is 1.72. The number of ether oxygens (including phenoxy) is 2. The molecule has 0 aliphatic heterocycles. The molecule has 0 aliphatic rings. The third-order valence-electron chi connectivity index (χ3n) is 3.50. The molecule has 25 heavy (non-hydrogen) atoms. The van der Waals surface area contributed by atoms with Crippen molar-refractivity contribution in [2.75, 3.05) is 31.4 Å². The van der Waals surface area contributed by atoms with Crippen LogP contribution in [0.25, 0.3) is 11.3 Å². The molecule has 0 aliphatic carbocycles. The second-order valence-electron chi connectivity index (χ2n) is 5.38. The summed E-state index contributed by atoms with van der Waals surface area (Å²) in [5.74, 6) is 1.31. The van der Waals surface area contributed by atoms with Gasteiger partial charge in [0.15, 0.2) is 0 Å². The molecule has 3 aromatic rings. The fourth-order valence-corrected chi connectivity index (χ4v) is 2.28. The van der Waals surface area contributed by atoms with Crippen LogP contribution in [0.5, 0.6) is 5.75 Å². The summed E-state index contributed by atoms with van der Waals surface area (Å²) in [7, 11) is 1.65. The standard InChI is InChI=1S/C19H20N4O2/c1-24-11-12-25-17-7-5-16(6-8-17)22-19-21-10-9-18(23-19)14-3-2-4-15(20)13-14/h2-10,13H,11-12,20H2,1H3,(H,21,22,23). The fraction of sp³-hybridized carbons (Fsp3) is 0.158. The van der Waals surface area contributed by atoms with E-state index in [9.17, 15) is 0 Å². The van der Waals surface area contributed by atoms with Crippen molar-refractivity contribution in [1.29, 1.82) is 0 Å². The van der Waals surface area contributed by atoms with Gasteiger partial charge in [-0.15, -0.1) is 0 Å². The summed E-state index contributed by atoms with van der Waals surface area (Å²) >= 11 is 0. The molecule has 0 saturated heterocycles. The second-order valence-corrected chi connectivity index (χ2v) is 5.38. The summed E-state index contributed by atoms with van der Waals surface area (Å²) in [6.45, 7) is 1.08. The molecule has 0 fully saturated rings. The molecule has 0 radical (unpaired) electrons. The minimum Gasteiger partial charge on any atom is -0.491 e. The van der Waals surface area contributed by atoms with Crippen LogP contribution in [-0.4, -0.2) is 30.3 Å². The highest BCUT2D eigenvalue weighted by Gasteiger charge is 2.04. The van der Waals surface area contributed by atoms with Gasteiger partial charge in [-0.25, -0.2) is 9.97 Å². The molecule has 3 rings (SSSR count). The number of aromatic nitrogens is 2. The number of nitrogens with zero attached hydrogens (tertiary/aromatic N) is 2. The second kappa shape index (κ2) is 8.12. The SMILES string of the molecule is COCCOc1ccc(Nc2nccc(-c3cccc(N)c3)n2)cc1. The lowest BCUT2D eigenvalue weighted by molar-refractivity contribution is 0.146. The van der Waals surface area contributed by atoms with Gasteiger partial charge in [0.2, 0.25) is 5.95 Å². The van der Waals surface area contributed by atoms with E-state index in [1.54, 1.807) is 13.3 Å². The number of anilines is 3. The monoisotopic (exact) mass is 336 g/mol. The maximum Gasteiger partial charge on any atom is 0.227 e. The largest absolute Gasteiger partial charge is 0.491 e. The van der Waals surface area contributed by atoms with E-state index in [0.29, 0.717) is 24.8 Å². The van der Waals surface area contributed by atoms with E-state index in [-0.39, 0.29) is 0 Å². The molecule has 0 spiro atoms.